The number of halogens is 5. The summed E-state index contributed by atoms with van der Waals surface area (Å²) in [4.78, 5) is 10.2. The fraction of sp³-hybridized carbons (Fsp3) is 0.125. The number of carbonyl (C=O) groups excluding carboxylic acids is 1. The summed E-state index contributed by atoms with van der Waals surface area (Å²) >= 11 is 5.21. The van der Waals surface area contributed by atoms with Crippen molar-refractivity contribution in [2.24, 2.45) is 0 Å². The van der Waals surface area contributed by atoms with Crippen LogP contribution in [0, 0.1) is 5.82 Å². The van der Waals surface area contributed by atoms with E-state index in [1.165, 1.54) is 0 Å². The molecular weight excluding hydrogens is 224 g/mol. The van der Waals surface area contributed by atoms with Crippen LogP contribution in [0.2, 0.25) is 5.02 Å². The number of carbonyl (C=O) groups is 1. The van der Waals surface area contributed by atoms with Crippen LogP contribution in [-0.4, -0.2) is 6.29 Å². The summed E-state index contributed by atoms with van der Waals surface area (Å²) in [7, 11) is 0. The highest BCUT2D eigenvalue weighted by molar-refractivity contribution is 6.33. The Morgan fingerprint density at radius 2 is 1.86 bits per heavy atom. The number of alkyl halides is 3. The minimum absolute atomic E-state index is 0.0487. The quantitative estimate of drug-likeness (QED) is 0.530. The Labute approximate surface area is 81.3 Å². The Balaban J connectivity index is 3.43. The third-order valence-corrected chi connectivity index (χ3v) is 1.96. The van der Waals surface area contributed by atoms with Gasteiger partial charge < -0.3 is 0 Å². The molecule has 0 N–H and O–H groups in total. The molecule has 0 saturated carbocycles. The normalized spacial score (nSPS) is 11.5. The minimum Gasteiger partial charge on any atom is -0.298 e. The van der Waals surface area contributed by atoms with Gasteiger partial charge in [-0.05, 0) is 12.1 Å². The monoisotopic (exact) mass is 226 g/mol. The van der Waals surface area contributed by atoms with E-state index in [4.69, 9.17) is 11.6 Å². The molecule has 0 aromatic heterocycles. The average Bonchev–Trinajstić information content (AvgIpc) is 2.02. The molecule has 0 heterocycles. The maximum absolute atomic E-state index is 12.7. The summed E-state index contributed by atoms with van der Waals surface area (Å²) in [6.45, 7) is 0. The summed E-state index contributed by atoms with van der Waals surface area (Å²) in [6.07, 6.45) is -4.74. The van der Waals surface area contributed by atoms with Crippen molar-refractivity contribution in [3.8, 4) is 0 Å². The van der Waals surface area contributed by atoms with E-state index in [1.54, 1.807) is 0 Å². The van der Waals surface area contributed by atoms with E-state index in [1.807, 2.05) is 0 Å². The van der Waals surface area contributed by atoms with Gasteiger partial charge in [-0.2, -0.15) is 13.2 Å². The Morgan fingerprint density at radius 3 is 2.29 bits per heavy atom. The van der Waals surface area contributed by atoms with Gasteiger partial charge in [0, 0.05) is 0 Å². The topological polar surface area (TPSA) is 17.1 Å². The van der Waals surface area contributed by atoms with Crippen molar-refractivity contribution in [3.05, 3.63) is 34.1 Å². The van der Waals surface area contributed by atoms with Crippen molar-refractivity contribution >= 4 is 17.9 Å². The number of hydrogen-bond donors (Lipinski definition) is 0. The largest absolute Gasteiger partial charge is 0.417 e. The van der Waals surface area contributed by atoms with Crippen LogP contribution in [0.1, 0.15) is 15.9 Å². The van der Waals surface area contributed by atoms with Crippen LogP contribution in [0.25, 0.3) is 0 Å². The molecule has 0 saturated heterocycles. The van der Waals surface area contributed by atoms with Crippen LogP contribution in [0.5, 0.6) is 0 Å². The first-order chi connectivity index (χ1) is 6.38. The lowest BCUT2D eigenvalue weighted by molar-refractivity contribution is -0.137. The number of benzene rings is 1. The van der Waals surface area contributed by atoms with Gasteiger partial charge in [-0.3, -0.25) is 4.79 Å². The summed E-state index contributed by atoms with van der Waals surface area (Å²) in [6, 6.07) is 1.04. The lowest BCUT2D eigenvalue weighted by atomic mass is 10.1. The van der Waals surface area contributed by atoms with Gasteiger partial charge in [0.1, 0.15) is 5.82 Å². The Morgan fingerprint density at radius 1 is 1.29 bits per heavy atom. The molecule has 1 rings (SSSR count). The van der Waals surface area contributed by atoms with Gasteiger partial charge in [-0.15, -0.1) is 0 Å². The molecule has 0 atom stereocenters. The fourth-order valence-corrected chi connectivity index (χ4v) is 1.20. The van der Waals surface area contributed by atoms with E-state index in [-0.39, 0.29) is 6.29 Å². The molecule has 0 spiro atoms. The van der Waals surface area contributed by atoms with E-state index in [9.17, 15) is 22.4 Å². The molecule has 0 amide bonds. The molecule has 76 valence electrons. The predicted molar refractivity (Wildman–Crippen MR) is 41.8 cm³/mol. The number of rotatable bonds is 1. The zero-order valence-corrected chi connectivity index (χ0v) is 7.29. The summed E-state index contributed by atoms with van der Waals surface area (Å²) in [5.74, 6) is -1.07. The van der Waals surface area contributed by atoms with Crippen LogP contribution < -0.4 is 0 Å². The van der Waals surface area contributed by atoms with Crippen molar-refractivity contribution in [3.63, 3.8) is 0 Å². The first kappa shape index (κ1) is 11.0. The van der Waals surface area contributed by atoms with E-state index < -0.39 is 28.1 Å². The van der Waals surface area contributed by atoms with Gasteiger partial charge in [0.05, 0.1) is 16.1 Å². The zero-order valence-electron chi connectivity index (χ0n) is 6.53. The Hall–Kier alpha value is -1.10. The van der Waals surface area contributed by atoms with Crippen LogP contribution in [0.4, 0.5) is 17.6 Å². The standard InChI is InChI=1S/C8H3ClF4O/c9-7-4(3-14)6(10)2-1-5(7)8(11,12)13/h1-3H. The molecule has 0 aliphatic carbocycles. The van der Waals surface area contributed by atoms with Gasteiger partial charge in [0.15, 0.2) is 6.29 Å². The van der Waals surface area contributed by atoms with Crippen LogP contribution in [-0.2, 0) is 6.18 Å². The number of hydrogen-bond acceptors (Lipinski definition) is 1. The molecule has 0 fully saturated rings. The van der Waals surface area contributed by atoms with Crippen molar-refractivity contribution < 1.29 is 22.4 Å². The highest BCUT2D eigenvalue weighted by Crippen LogP contribution is 2.36. The molecule has 0 radical (unpaired) electrons. The first-order valence-electron chi connectivity index (χ1n) is 3.38. The molecule has 14 heavy (non-hydrogen) atoms. The summed E-state index contributed by atoms with van der Waals surface area (Å²) in [5, 5.41) is -0.910. The zero-order chi connectivity index (χ0) is 10.9. The molecule has 1 aromatic rings. The van der Waals surface area contributed by atoms with Crippen molar-refractivity contribution in [1.82, 2.24) is 0 Å². The average molecular weight is 227 g/mol. The number of aldehydes is 1. The second-order valence-corrected chi connectivity index (χ2v) is 2.82. The van der Waals surface area contributed by atoms with Gasteiger partial charge in [-0.1, -0.05) is 11.6 Å². The molecule has 6 heteroatoms. The fourth-order valence-electron chi connectivity index (χ4n) is 0.896. The molecule has 0 bridgehead atoms. The second kappa shape index (κ2) is 3.57. The van der Waals surface area contributed by atoms with Crippen molar-refractivity contribution in [1.29, 1.82) is 0 Å². The highest BCUT2D eigenvalue weighted by atomic mass is 35.5. The lowest BCUT2D eigenvalue weighted by Crippen LogP contribution is -2.08. The molecule has 0 aliphatic rings. The van der Waals surface area contributed by atoms with E-state index in [0.717, 1.165) is 0 Å². The van der Waals surface area contributed by atoms with Crippen LogP contribution in [0.15, 0.2) is 12.1 Å². The summed E-state index contributed by atoms with van der Waals surface area (Å²) in [5.41, 5.74) is -2.00. The highest BCUT2D eigenvalue weighted by Gasteiger charge is 2.34. The van der Waals surface area contributed by atoms with E-state index in [0.29, 0.717) is 12.1 Å². The first-order valence-corrected chi connectivity index (χ1v) is 3.76. The third kappa shape index (κ3) is 1.87. The predicted octanol–water partition coefficient (Wildman–Crippen LogP) is 3.31. The maximum atomic E-state index is 12.7. The molecular formula is C8H3ClF4O. The minimum atomic E-state index is -4.69. The van der Waals surface area contributed by atoms with E-state index >= 15 is 0 Å². The van der Waals surface area contributed by atoms with Gasteiger partial charge in [-0.25, -0.2) is 4.39 Å². The Kier molecular flexibility index (Phi) is 2.80. The van der Waals surface area contributed by atoms with E-state index in [2.05, 4.69) is 0 Å². The van der Waals surface area contributed by atoms with Crippen molar-refractivity contribution in [2.45, 2.75) is 6.18 Å². The van der Waals surface area contributed by atoms with Gasteiger partial charge in [0.25, 0.3) is 0 Å². The summed E-state index contributed by atoms with van der Waals surface area (Å²) < 4.78 is 49.3. The SMILES string of the molecule is O=Cc1c(F)ccc(C(F)(F)F)c1Cl. The molecule has 0 aliphatic heterocycles. The second-order valence-electron chi connectivity index (χ2n) is 2.44. The molecule has 1 aromatic carbocycles. The van der Waals surface area contributed by atoms with Gasteiger partial charge >= 0.3 is 6.18 Å². The maximum Gasteiger partial charge on any atom is 0.417 e. The Bertz CT molecular complexity index is 372. The van der Waals surface area contributed by atoms with Crippen LogP contribution >= 0.6 is 11.6 Å². The molecule has 0 unspecified atom stereocenters. The van der Waals surface area contributed by atoms with Crippen molar-refractivity contribution in [2.75, 3.05) is 0 Å². The third-order valence-electron chi connectivity index (χ3n) is 1.55. The molecule has 1 nitrogen and oxygen atoms in total. The van der Waals surface area contributed by atoms with Crippen LogP contribution in [0.3, 0.4) is 0 Å². The smallest absolute Gasteiger partial charge is 0.298 e. The lowest BCUT2D eigenvalue weighted by Gasteiger charge is -2.09. The van der Waals surface area contributed by atoms with Gasteiger partial charge in [0.2, 0.25) is 0 Å².